The van der Waals surface area contributed by atoms with Gasteiger partial charge in [0.15, 0.2) is 0 Å². The number of unbranched alkanes of at least 4 members (excludes halogenated alkanes) is 3. The molecule has 0 N–H and O–H groups in total. The molecule has 0 fully saturated rings. The molecule has 3 aromatic carbocycles. The first-order valence-electron chi connectivity index (χ1n) is 11.3. The summed E-state index contributed by atoms with van der Waals surface area (Å²) in [5.41, 5.74) is 6.75. The van der Waals surface area contributed by atoms with Gasteiger partial charge in [0.25, 0.3) is 0 Å². The minimum absolute atomic E-state index is 0. The highest BCUT2D eigenvalue weighted by Crippen LogP contribution is 2.37. The van der Waals surface area contributed by atoms with E-state index < -0.39 is 0 Å². The minimum Gasteiger partial charge on any atom is -1.00 e. The van der Waals surface area contributed by atoms with Crippen LogP contribution in [0, 0.1) is 0 Å². The summed E-state index contributed by atoms with van der Waals surface area (Å²) in [7, 11) is 0. The lowest BCUT2D eigenvalue weighted by molar-refractivity contribution is -0.436. The van der Waals surface area contributed by atoms with Crippen molar-refractivity contribution in [1.29, 1.82) is 0 Å². The molecule has 0 bridgehead atoms. The average molecular weight is 465 g/mol. The standard InChI is InChI=1S/C27H33N2.BrH/c1-4-7-8-9-20-29-25-15-11-13-21-12-10-14-24(26(21)25)27(29)22-16-18-23(19-17-22)28(5-2)6-3;/h10-19H,4-9,20H2,1-3H3;1H/q+1;/p-1. The molecule has 0 amide bonds. The van der Waals surface area contributed by atoms with E-state index in [0.717, 1.165) is 19.6 Å². The van der Waals surface area contributed by atoms with E-state index >= 15 is 0 Å². The van der Waals surface area contributed by atoms with E-state index in [1.165, 1.54) is 64.7 Å². The summed E-state index contributed by atoms with van der Waals surface area (Å²) >= 11 is 0. The minimum atomic E-state index is 0. The van der Waals surface area contributed by atoms with Gasteiger partial charge in [0.05, 0.1) is 10.9 Å². The summed E-state index contributed by atoms with van der Waals surface area (Å²) < 4.78 is 2.57. The van der Waals surface area contributed by atoms with Crippen LogP contribution in [0.2, 0.25) is 0 Å². The lowest BCUT2D eigenvalue weighted by Crippen LogP contribution is -3.00. The number of rotatable bonds is 9. The van der Waals surface area contributed by atoms with Gasteiger partial charge in [-0.3, -0.25) is 0 Å². The van der Waals surface area contributed by atoms with Gasteiger partial charge in [-0.05, 0) is 56.0 Å². The monoisotopic (exact) mass is 464 g/mol. The molecule has 3 heteroatoms. The van der Waals surface area contributed by atoms with Gasteiger partial charge in [-0.25, -0.2) is 0 Å². The fourth-order valence-electron chi connectivity index (χ4n) is 4.67. The van der Waals surface area contributed by atoms with Crippen LogP contribution >= 0.6 is 0 Å². The van der Waals surface area contributed by atoms with E-state index in [0.29, 0.717) is 0 Å². The van der Waals surface area contributed by atoms with Crippen LogP contribution in [-0.2, 0) is 0 Å². The van der Waals surface area contributed by atoms with Crippen molar-refractivity contribution in [2.75, 3.05) is 24.5 Å². The van der Waals surface area contributed by atoms with Crippen LogP contribution in [0.5, 0.6) is 0 Å². The first kappa shape index (κ1) is 22.6. The predicted octanol–water partition coefficient (Wildman–Crippen LogP) is 3.77. The molecule has 0 saturated carbocycles. The van der Waals surface area contributed by atoms with Gasteiger partial charge in [-0.15, -0.1) is 0 Å². The molecule has 0 spiro atoms. The fourth-order valence-corrected chi connectivity index (χ4v) is 4.67. The molecule has 1 aliphatic heterocycles. The van der Waals surface area contributed by atoms with E-state index in [9.17, 15) is 0 Å². The molecule has 1 aliphatic rings. The van der Waals surface area contributed by atoms with E-state index in [2.05, 4.69) is 90.9 Å². The number of hydrogen-bond acceptors (Lipinski definition) is 1. The largest absolute Gasteiger partial charge is 1.00 e. The lowest BCUT2D eigenvalue weighted by atomic mass is 9.98. The SMILES string of the molecule is CCCCCC[N+]1=C(c2ccc(N(CC)CC)cc2)c2cccc3cccc1c23.[Br-]. The molecular formula is C27H33BrN2. The summed E-state index contributed by atoms with van der Waals surface area (Å²) in [6, 6.07) is 22.7. The summed E-state index contributed by atoms with van der Waals surface area (Å²) in [5, 5.41) is 2.75. The van der Waals surface area contributed by atoms with Crippen molar-refractivity contribution in [1.82, 2.24) is 0 Å². The molecule has 4 rings (SSSR count). The highest BCUT2D eigenvalue weighted by Gasteiger charge is 2.32. The fraction of sp³-hybridized carbons (Fsp3) is 0.370. The van der Waals surface area contributed by atoms with Gasteiger partial charge < -0.3 is 21.9 Å². The number of benzene rings is 3. The van der Waals surface area contributed by atoms with Crippen molar-refractivity contribution in [2.45, 2.75) is 46.5 Å². The molecule has 0 atom stereocenters. The lowest BCUT2D eigenvalue weighted by Gasteiger charge is -2.21. The van der Waals surface area contributed by atoms with Gasteiger partial charge >= 0.3 is 0 Å². The first-order valence-corrected chi connectivity index (χ1v) is 11.3. The molecule has 158 valence electrons. The van der Waals surface area contributed by atoms with Crippen molar-refractivity contribution in [2.24, 2.45) is 0 Å². The van der Waals surface area contributed by atoms with Gasteiger partial charge in [0.2, 0.25) is 11.4 Å². The molecule has 0 aliphatic carbocycles. The van der Waals surface area contributed by atoms with Crippen LogP contribution in [0.25, 0.3) is 10.8 Å². The zero-order chi connectivity index (χ0) is 20.2. The third-order valence-corrected chi connectivity index (χ3v) is 6.20. The second kappa shape index (κ2) is 10.3. The maximum absolute atomic E-state index is 2.57. The van der Waals surface area contributed by atoms with Crippen LogP contribution in [0.4, 0.5) is 11.4 Å². The molecule has 2 nitrogen and oxygen atoms in total. The topological polar surface area (TPSA) is 6.25 Å². The zero-order valence-electron chi connectivity index (χ0n) is 18.5. The number of nitrogens with zero attached hydrogens (tertiary/aromatic N) is 2. The molecule has 0 unspecified atom stereocenters. The summed E-state index contributed by atoms with van der Waals surface area (Å²) in [5.74, 6) is 0. The van der Waals surface area contributed by atoms with Crippen LogP contribution in [0.15, 0.2) is 60.7 Å². The second-order valence-corrected chi connectivity index (χ2v) is 7.96. The Labute approximate surface area is 192 Å². The van der Waals surface area contributed by atoms with Gasteiger partial charge in [-0.1, -0.05) is 44.0 Å². The first-order chi connectivity index (χ1) is 14.3. The summed E-state index contributed by atoms with van der Waals surface area (Å²) in [6.45, 7) is 9.89. The average Bonchev–Trinajstić information content (AvgIpc) is 3.08. The summed E-state index contributed by atoms with van der Waals surface area (Å²) in [6.07, 6.45) is 5.13. The Kier molecular flexibility index (Phi) is 7.71. The van der Waals surface area contributed by atoms with Crippen molar-refractivity contribution in [3.63, 3.8) is 0 Å². The molecule has 1 heterocycles. The highest BCUT2D eigenvalue weighted by atomic mass is 79.9. The number of halogens is 1. The third kappa shape index (κ3) is 4.18. The molecule has 0 aromatic heterocycles. The maximum atomic E-state index is 2.57. The van der Waals surface area contributed by atoms with Gasteiger partial charge in [-0.2, -0.15) is 4.58 Å². The normalized spacial score (nSPS) is 12.4. The van der Waals surface area contributed by atoms with Gasteiger partial charge in [0, 0.05) is 36.8 Å². The summed E-state index contributed by atoms with van der Waals surface area (Å²) in [4.78, 5) is 2.40. The number of anilines is 1. The zero-order valence-corrected chi connectivity index (χ0v) is 20.1. The van der Waals surface area contributed by atoms with Crippen molar-refractivity contribution in [3.8, 4) is 0 Å². The van der Waals surface area contributed by atoms with Crippen LogP contribution in [0.3, 0.4) is 0 Å². The van der Waals surface area contributed by atoms with Crippen LogP contribution in [0.1, 0.15) is 57.6 Å². The van der Waals surface area contributed by atoms with Crippen molar-refractivity contribution >= 4 is 27.9 Å². The quantitative estimate of drug-likeness (QED) is 0.345. The Balaban J connectivity index is 0.00000256. The van der Waals surface area contributed by atoms with E-state index in [4.69, 9.17) is 0 Å². The molecule has 0 saturated heterocycles. The Hall–Kier alpha value is -2.13. The smallest absolute Gasteiger partial charge is 0.221 e. The number of hydrogen-bond donors (Lipinski definition) is 0. The molecule has 0 radical (unpaired) electrons. The molecule has 30 heavy (non-hydrogen) atoms. The predicted molar refractivity (Wildman–Crippen MR) is 126 cm³/mol. The molecule has 3 aromatic rings. The van der Waals surface area contributed by atoms with E-state index in [-0.39, 0.29) is 17.0 Å². The van der Waals surface area contributed by atoms with Crippen molar-refractivity contribution in [3.05, 3.63) is 71.8 Å². The second-order valence-electron chi connectivity index (χ2n) is 7.96. The van der Waals surface area contributed by atoms with Crippen molar-refractivity contribution < 1.29 is 21.6 Å². The van der Waals surface area contributed by atoms with E-state index in [1.807, 2.05) is 0 Å². The van der Waals surface area contributed by atoms with Crippen LogP contribution < -0.4 is 21.9 Å². The Morgan fingerprint density at radius 3 is 2.13 bits per heavy atom. The Morgan fingerprint density at radius 2 is 1.47 bits per heavy atom. The molecular weight excluding hydrogens is 432 g/mol. The highest BCUT2D eigenvalue weighted by molar-refractivity contribution is 6.22. The van der Waals surface area contributed by atoms with Gasteiger partial charge in [0.1, 0.15) is 6.54 Å². The van der Waals surface area contributed by atoms with Crippen LogP contribution in [-0.4, -0.2) is 29.9 Å². The maximum Gasteiger partial charge on any atom is 0.221 e. The Morgan fingerprint density at radius 1 is 0.767 bits per heavy atom. The third-order valence-electron chi connectivity index (χ3n) is 6.20. The van der Waals surface area contributed by atoms with E-state index in [1.54, 1.807) is 0 Å². The Bertz CT molecular complexity index is 1010.